The highest BCUT2D eigenvalue weighted by atomic mass is 16.7. The number of aliphatic hydroxyl groups excluding tert-OH is 1. The van der Waals surface area contributed by atoms with E-state index in [1.54, 1.807) is 0 Å². The van der Waals surface area contributed by atoms with Gasteiger partial charge in [-0.25, -0.2) is 4.79 Å². The van der Waals surface area contributed by atoms with Gasteiger partial charge in [-0.3, -0.25) is 9.69 Å². The van der Waals surface area contributed by atoms with Crippen molar-refractivity contribution in [3.05, 3.63) is 95.1 Å². The Balaban J connectivity index is 0.920. The first kappa shape index (κ1) is 40.6. The molecule has 3 aromatic carbocycles. The van der Waals surface area contributed by atoms with Crippen LogP contribution in [0.2, 0.25) is 0 Å². The number of ether oxygens (including phenoxy) is 2. The predicted octanol–water partition coefficient (Wildman–Crippen LogP) is 9.10. The van der Waals surface area contributed by atoms with Crippen LogP contribution in [-0.2, 0) is 27.4 Å². The molecule has 5 aliphatic carbocycles. The summed E-state index contributed by atoms with van der Waals surface area (Å²) in [5, 5.41) is 19.7. The van der Waals surface area contributed by atoms with Crippen molar-refractivity contribution in [2.45, 2.75) is 159 Å². The Kier molecular flexibility index (Phi) is 11.7. The number of likely N-dealkylation sites (tertiary alicyclic amines) is 1. The molecule has 4 bridgehead atoms. The summed E-state index contributed by atoms with van der Waals surface area (Å²) < 4.78 is 13.7. The van der Waals surface area contributed by atoms with Gasteiger partial charge in [-0.15, -0.1) is 0 Å². The van der Waals surface area contributed by atoms with Gasteiger partial charge < -0.3 is 30.5 Å². The SMILES string of the molecule is CC(C)(C)NC(=O)[C@H]1CC[C@H]2CCCC[C@H]2N1C[C@H]1C[C@@H](c2ccc(CO)cc2)O[C@@H](c2ccc(-c3ccccc3CNC(=O)NC34CC5CC(CC(C5)C3)C4)cc2)O1. The number of carbonyl (C=O) groups is 2. The Labute approximate surface area is 351 Å². The molecule has 2 heterocycles. The van der Waals surface area contributed by atoms with Gasteiger partial charge in [-0.1, -0.05) is 85.6 Å². The van der Waals surface area contributed by atoms with Gasteiger partial charge >= 0.3 is 6.03 Å². The third-order valence-electron chi connectivity index (χ3n) is 14.7. The maximum absolute atomic E-state index is 13.9. The maximum atomic E-state index is 13.9. The van der Waals surface area contributed by atoms with Gasteiger partial charge in [0.15, 0.2) is 6.29 Å². The van der Waals surface area contributed by atoms with Crippen molar-refractivity contribution in [2.24, 2.45) is 23.7 Å². The quantitative estimate of drug-likeness (QED) is 0.163. The molecule has 4 N–H and O–H groups in total. The fraction of sp³-hybridized carbons (Fsp3) is 0.600. The summed E-state index contributed by atoms with van der Waals surface area (Å²) in [6, 6.07) is 25.0. The largest absolute Gasteiger partial charge is 0.392 e. The van der Waals surface area contributed by atoms with Crippen LogP contribution in [0.1, 0.15) is 139 Å². The van der Waals surface area contributed by atoms with E-state index in [0.29, 0.717) is 31.5 Å². The van der Waals surface area contributed by atoms with E-state index in [2.05, 4.69) is 96.2 Å². The number of hydrogen-bond acceptors (Lipinski definition) is 6. The van der Waals surface area contributed by atoms with Crippen LogP contribution in [0.25, 0.3) is 11.1 Å². The van der Waals surface area contributed by atoms with Gasteiger partial charge in [0.25, 0.3) is 0 Å². The fourth-order valence-corrected chi connectivity index (χ4v) is 12.5. The number of rotatable bonds is 10. The second kappa shape index (κ2) is 16.9. The first-order valence-electron chi connectivity index (χ1n) is 22.8. The molecule has 2 saturated heterocycles. The number of amides is 3. The summed E-state index contributed by atoms with van der Waals surface area (Å²) in [4.78, 5) is 29.8. The summed E-state index contributed by atoms with van der Waals surface area (Å²) in [6.07, 6.45) is 14.0. The number of piperidine rings is 1. The van der Waals surface area contributed by atoms with Gasteiger partial charge in [0.2, 0.25) is 5.91 Å². The fourth-order valence-electron chi connectivity index (χ4n) is 12.5. The van der Waals surface area contributed by atoms with Gasteiger partial charge in [-0.05, 0) is 136 Å². The van der Waals surface area contributed by atoms with Crippen molar-refractivity contribution in [3.8, 4) is 11.1 Å². The van der Waals surface area contributed by atoms with Crippen LogP contribution < -0.4 is 16.0 Å². The number of fused-ring (bicyclic) bond motifs is 1. The van der Waals surface area contributed by atoms with Crippen LogP contribution >= 0.6 is 0 Å². The smallest absolute Gasteiger partial charge is 0.315 e. The third kappa shape index (κ3) is 9.14. The topological polar surface area (TPSA) is 112 Å². The van der Waals surface area contributed by atoms with Crippen LogP contribution in [0.4, 0.5) is 4.79 Å². The summed E-state index contributed by atoms with van der Waals surface area (Å²) in [5.41, 5.74) is 5.78. The summed E-state index contributed by atoms with van der Waals surface area (Å²) in [5.74, 6) is 3.07. The molecule has 316 valence electrons. The van der Waals surface area contributed by atoms with Crippen LogP contribution in [-0.4, -0.2) is 57.8 Å². The number of aliphatic hydroxyl groups is 1. The van der Waals surface area contributed by atoms with E-state index in [0.717, 1.165) is 89.7 Å². The number of nitrogens with one attached hydrogen (secondary N) is 3. The minimum absolute atomic E-state index is 0.00370. The minimum Gasteiger partial charge on any atom is -0.392 e. The molecule has 2 aliphatic heterocycles. The van der Waals surface area contributed by atoms with Crippen LogP contribution in [0.5, 0.6) is 0 Å². The molecule has 7 fully saturated rings. The predicted molar refractivity (Wildman–Crippen MR) is 230 cm³/mol. The number of carbonyl (C=O) groups excluding carboxylic acids is 2. The van der Waals surface area contributed by atoms with E-state index in [-0.39, 0.29) is 47.9 Å². The molecule has 0 spiro atoms. The number of hydrogen-bond donors (Lipinski definition) is 4. The highest BCUT2D eigenvalue weighted by Gasteiger charge is 2.51. The highest BCUT2D eigenvalue weighted by Crippen LogP contribution is 2.55. The zero-order chi connectivity index (χ0) is 40.7. The Morgan fingerprint density at radius 3 is 2.17 bits per heavy atom. The van der Waals surface area contributed by atoms with Crippen LogP contribution in [0, 0.1) is 23.7 Å². The molecule has 9 heteroatoms. The van der Waals surface area contributed by atoms with Gasteiger partial charge in [0.1, 0.15) is 0 Å². The number of nitrogens with zero attached hydrogens (tertiary/aromatic N) is 1. The first-order chi connectivity index (χ1) is 28.5. The maximum Gasteiger partial charge on any atom is 0.315 e. The lowest BCUT2D eigenvalue weighted by molar-refractivity contribution is -0.255. The van der Waals surface area contributed by atoms with Crippen molar-refractivity contribution in [1.82, 2.24) is 20.9 Å². The molecule has 6 atom stereocenters. The normalized spacial score (nSPS) is 32.9. The molecule has 0 radical (unpaired) electrons. The molecule has 5 saturated carbocycles. The van der Waals surface area contributed by atoms with Crippen molar-refractivity contribution < 1.29 is 24.2 Å². The molecule has 59 heavy (non-hydrogen) atoms. The molecule has 9 nitrogen and oxygen atoms in total. The van der Waals surface area contributed by atoms with Crippen LogP contribution in [0.15, 0.2) is 72.8 Å². The van der Waals surface area contributed by atoms with E-state index >= 15 is 0 Å². The van der Waals surface area contributed by atoms with E-state index in [1.807, 2.05) is 18.2 Å². The Bertz CT molecular complexity index is 1910. The van der Waals surface area contributed by atoms with Crippen molar-refractivity contribution in [3.63, 3.8) is 0 Å². The van der Waals surface area contributed by atoms with Crippen LogP contribution in [0.3, 0.4) is 0 Å². The molecular formula is C50H66N4O5. The van der Waals surface area contributed by atoms with Crippen molar-refractivity contribution in [1.29, 1.82) is 0 Å². The highest BCUT2D eigenvalue weighted by molar-refractivity contribution is 5.82. The average molecular weight is 803 g/mol. The molecule has 0 unspecified atom stereocenters. The minimum atomic E-state index is -0.593. The zero-order valence-corrected chi connectivity index (χ0v) is 35.5. The van der Waals surface area contributed by atoms with Gasteiger partial charge in [0.05, 0.1) is 24.9 Å². The number of benzene rings is 3. The Hall–Kier alpha value is -3.76. The lowest BCUT2D eigenvalue weighted by Gasteiger charge is -2.56. The lowest BCUT2D eigenvalue weighted by Crippen LogP contribution is -2.61. The Morgan fingerprint density at radius 2 is 1.47 bits per heavy atom. The monoisotopic (exact) mass is 803 g/mol. The summed E-state index contributed by atoms with van der Waals surface area (Å²) >= 11 is 0. The molecule has 3 amide bonds. The summed E-state index contributed by atoms with van der Waals surface area (Å²) in [7, 11) is 0. The lowest BCUT2D eigenvalue weighted by atomic mass is 9.53. The zero-order valence-electron chi connectivity index (χ0n) is 35.5. The average Bonchev–Trinajstić information content (AvgIpc) is 3.22. The van der Waals surface area contributed by atoms with Crippen molar-refractivity contribution >= 4 is 11.9 Å². The molecule has 7 aliphatic rings. The third-order valence-corrected chi connectivity index (χ3v) is 14.7. The number of urea groups is 1. The van der Waals surface area contributed by atoms with Gasteiger partial charge in [0, 0.05) is 42.2 Å². The molecular weight excluding hydrogens is 737 g/mol. The molecule has 3 aromatic rings. The second-order valence-electron chi connectivity index (χ2n) is 20.3. The molecule has 0 aromatic heterocycles. The second-order valence-corrected chi connectivity index (χ2v) is 20.3. The van der Waals surface area contributed by atoms with E-state index in [1.165, 1.54) is 38.5 Å². The van der Waals surface area contributed by atoms with E-state index in [4.69, 9.17) is 9.47 Å². The Morgan fingerprint density at radius 1 is 0.797 bits per heavy atom. The molecule has 10 rings (SSSR count). The van der Waals surface area contributed by atoms with E-state index in [9.17, 15) is 14.7 Å². The van der Waals surface area contributed by atoms with Gasteiger partial charge in [-0.2, -0.15) is 0 Å². The first-order valence-corrected chi connectivity index (χ1v) is 22.8. The summed E-state index contributed by atoms with van der Waals surface area (Å²) in [6.45, 7) is 7.30. The standard InChI is InChI=1S/C50H66N4O5/c1-49(2,3)52-46(56)44-21-20-37-8-5-7-11-43(37)54(44)30-41-25-45(38-14-12-32(31-55)13-15-38)59-47(58-41)39-18-16-36(17-19-39)42-10-6-4-9-40(42)29-51-48(57)53-50-26-33-22-34(27-50)24-35(23-33)28-50/h4,6,9-10,12-19,33-35,37,41,43-45,47,55H,5,7-8,11,20-31H2,1-3H3,(H,52,56)(H2,51,53,57)/t33?,34?,35?,37-,41-,43-,44-,45+,47+,50?/m1/s1. The van der Waals surface area contributed by atoms with E-state index < -0.39 is 6.29 Å². The van der Waals surface area contributed by atoms with Crippen molar-refractivity contribution in [2.75, 3.05) is 6.54 Å².